The van der Waals surface area contributed by atoms with Gasteiger partial charge in [-0.1, -0.05) is 0 Å². The number of hydrogen-bond acceptors (Lipinski definition) is 1. The van der Waals surface area contributed by atoms with E-state index < -0.39 is 23.9 Å². The van der Waals surface area contributed by atoms with E-state index >= 15 is 0 Å². The Hall–Kier alpha value is -1.63. The van der Waals surface area contributed by atoms with Gasteiger partial charge in [0.05, 0.1) is 5.52 Å². The molecule has 2 nitrogen and oxygen atoms in total. The average Bonchev–Trinajstić information content (AvgIpc) is 2.54. The van der Waals surface area contributed by atoms with E-state index in [0.29, 0.717) is 6.07 Å². The van der Waals surface area contributed by atoms with Crippen LogP contribution in [0.4, 0.5) is 22.0 Å². The number of aryl methyl sites for hydroxylation is 1. The lowest BCUT2D eigenvalue weighted by Crippen LogP contribution is -2.30. The van der Waals surface area contributed by atoms with Crippen LogP contribution in [0.25, 0.3) is 10.9 Å². The Morgan fingerprint density at radius 2 is 1.78 bits per heavy atom. The van der Waals surface area contributed by atoms with E-state index in [4.69, 9.17) is 5.73 Å². The van der Waals surface area contributed by atoms with Gasteiger partial charge in [0.15, 0.2) is 0 Å². The first-order valence-electron chi connectivity index (χ1n) is 4.98. The van der Waals surface area contributed by atoms with Crippen LogP contribution in [0.1, 0.15) is 11.7 Å². The van der Waals surface area contributed by atoms with Crippen molar-refractivity contribution in [3.8, 4) is 0 Å². The molecule has 0 spiro atoms. The Balaban J connectivity index is 2.68. The van der Waals surface area contributed by atoms with Crippen LogP contribution in [0.2, 0.25) is 0 Å². The van der Waals surface area contributed by atoms with Gasteiger partial charge in [-0.3, -0.25) is 0 Å². The first-order chi connectivity index (χ1) is 8.21. The van der Waals surface area contributed by atoms with Gasteiger partial charge in [0.2, 0.25) is 0 Å². The minimum absolute atomic E-state index is 0.0298. The Morgan fingerprint density at radius 1 is 1.17 bits per heavy atom. The normalized spacial score (nSPS) is 14.2. The third-order valence-electron chi connectivity index (χ3n) is 2.78. The second kappa shape index (κ2) is 3.94. The molecule has 0 aliphatic carbocycles. The smallest absolute Gasteiger partial charge is 0.346 e. The molecule has 18 heavy (non-hydrogen) atoms. The molecule has 1 aromatic carbocycles. The van der Waals surface area contributed by atoms with E-state index in [1.807, 2.05) is 0 Å². The van der Waals surface area contributed by atoms with Crippen LogP contribution < -0.4 is 5.73 Å². The van der Waals surface area contributed by atoms with Gasteiger partial charge in [-0.15, -0.1) is 0 Å². The van der Waals surface area contributed by atoms with Crippen molar-refractivity contribution in [1.82, 2.24) is 4.57 Å². The first kappa shape index (κ1) is 12.8. The van der Waals surface area contributed by atoms with Crippen LogP contribution in [0.3, 0.4) is 0 Å². The number of halogens is 5. The van der Waals surface area contributed by atoms with Crippen LogP contribution in [0.5, 0.6) is 0 Å². The van der Waals surface area contributed by atoms with E-state index in [9.17, 15) is 22.0 Å². The number of benzene rings is 1. The van der Waals surface area contributed by atoms with E-state index in [0.717, 1.165) is 16.7 Å². The summed E-state index contributed by atoms with van der Waals surface area (Å²) in [6, 6.07) is 0.329. The maximum Gasteiger partial charge on any atom is 0.409 e. The van der Waals surface area contributed by atoms with Crippen LogP contribution in [-0.2, 0) is 7.05 Å². The molecule has 2 aromatic rings. The second-order valence-electron chi connectivity index (χ2n) is 3.97. The summed E-state index contributed by atoms with van der Waals surface area (Å²) >= 11 is 0. The number of fused-ring (bicyclic) bond motifs is 1. The van der Waals surface area contributed by atoms with Crippen LogP contribution in [0.15, 0.2) is 18.2 Å². The minimum atomic E-state index is -4.64. The summed E-state index contributed by atoms with van der Waals surface area (Å²) in [5.41, 5.74) is 4.78. The lowest BCUT2D eigenvalue weighted by molar-refractivity contribution is -0.150. The van der Waals surface area contributed by atoms with E-state index in [2.05, 4.69) is 0 Å². The van der Waals surface area contributed by atoms with Gasteiger partial charge in [-0.25, -0.2) is 8.78 Å². The molecular formula is C11H9F5N2. The minimum Gasteiger partial charge on any atom is -0.346 e. The van der Waals surface area contributed by atoms with E-state index in [1.54, 1.807) is 0 Å². The highest BCUT2D eigenvalue weighted by Gasteiger charge is 2.39. The highest BCUT2D eigenvalue weighted by molar-refractivity contribution is 5.82. The van der Waals surface area contributed by atoms with Crippen molar-refractivity contribution in [2.24, 2.45) is 12.8 Å². The molecule has 0 saturated carbocycles. The van der Waals surface area contributed by atoms with Crippen molar-refractivity contribution in [1.29, 1.82) is 0 Å². The fraction of sp³-hybridized carbons (Fsp3) is 0.273. The van der Waals surface area contributed by atoms with Gasteiger partial charge in [0.25, 0.3) is 0 Å². The molecule has 2 rings (SSSR count). The van der Waals surface area contributed by atoms with Crippen molar-refractivity contribution in [3.05, 3.63) is 35.5 Å². The van der Waals surface area contributed by atoms with E-state index in [1.165, 1.54) is 7.05 Å². The standard InChI is InChI=1S/C11H9F5N2/c1-18-8-3-5(12)2-7(13)6(8)4-9(18)10(17)11(14,15)16/h2-4,10H,17H2,1H3. The molecular weight excluding hydrogens is 255 g/mol. The van der Waals surface area contributed by atoms with Crippen molar-refractivity contribution in [2.45, 2.75) is 12.2 Å². The monoisotopic (exact) mass is 264 g/mol. The summed E-state index contributed by atoms with van der Waals surface area (Å²) in [5, 5.41) is -0.0893. The summed E-state index contributed by atoms with van der Waals surface area (Å²) in [5.74, 6) is -1.77. The lowest BCUT2D eigenvalue weighted by atomic mass is 10.2. The third-order valence-corrected chi connectivity index (χ3v) is 2.78. The Bertz CT molecular complexity index is 599. The zero-order valence-corrected chi connectivity index (χ0v) is 9.22. The Labute approximate surface area is 98.8 Å². The molecule has 7 heteroatoms. The molecule has 2 N–H and O–H groups in total. The highest BCUT2D eigenvalue weighted by atomic mass is 19.4. The predicted molar refractivity (Wildman–Crippen MR) is 55.8 cm³/mol. The molecule has 98 valence electrons. The van der Waals surface area contributed by atoms with Gasteiger partial charge in [-0.2, -0.15) is 13.2 Å². The number of aromatic nitrogens is 1. The zero-order valence-electron chi connectivity index (χ0n) is 9.22. The average molecular weight is 264 g/mol. The molecule has 0 fully saturated rings. The van der Waals surface area contributed by atoms with Gasteiger partial charge in [0.1, 0.15) is 17.7 Å². The van der Waals surface area contributed by atoms with Crippen LogP contribution in [-0.4, -0.2) is 10.7 Å². The largest absolute Gasteiger partial charge is 0.409 e. The second-order valence-corrected chi connectivity index (χ2v) is 3.97. The molecule has 1 heterocycles. The first-order valence-corrected chi connectivity index (χ1v) is 4.98. The fourth-order valence-electron chi connectivity index (χ4n) is 1.84. The SMILES string of the molecule is Cn1c(C(N)C(F)(F)F)cc2c(F)cc(F)cc21. The number of rotatable bonds is 1. The summed E-state index contributed by atoms with van der Waals surface area (Å²) < 4.78 is 65.0. The Kier molecular flexibility index (Phi) is 2.81. The van der Waals surface area contributed by atoms with E-state index in [-0.39, 0.29) is 16.6 Å². The molecule has 0 radical (unpaired) electrons. The van der Waals surface area contributed by atoms with Crippen LogP contribution >= 0.6 is 0 Å². The van der Waals surface area contributed by atoms with Gasteiger partial charge in [0, 0.05) is 24.2 Å². The number of alkyl halides is 3. The molecule has 0 bridgehead atoms. The number of hydrogen-bond donors (Lipinski definition) is 1. The Morgan fingerprint density at radius 3 is 2.33 bits per heavy atom. The molecule has 1 unspecified atom stereocenters. The van der Waals surface area contributed by atoms with Crippen molar-refractivity contribution in [3.63, 3.8) is 0 Å². The summed E-state index contributed by atoms with van der Waals surface area (Å²) in [6.45, 7) is 0. The third kappa shape index (κ3) is 1.94. The predicted octanol–water partition coefficient (Wildman–Crippen LogP) is 3.02. The molecule has 1 aromatic heterocycles. The number of nitrogens with zero attached hydrogens (tertiary/aromatic N) is 1. The molecule has 0 aliphatic rings. The maximum absolute atomic E-state index is 13.4. The zero-order chi connectivity index (χ0) is 13.7. The number of nitrogens with two attached hydrogens (primary N) is 1. The van der Waals surface area contributed by atoms with Gasteiger partial charge >= 0.3 is 6.18 Å². The summed E-state index contributed by atoms with van der Waals surface area (Å²) in [4.78, 5) is 0. The lowest BCUT2D eigenvalue weighted by Gasteiger charge is -2.16. The summed E-state index contributed by atoms with van der Waals surface area (Å²) in [6.07, 6.45) is -4.64. The fourth-order valence-corrected chi connectivity index (χ4v) is 1.84. The topological polar surface area (TPSA) is 30.9 Å². The maximum atomic E-state index is 13.4. The molecule has 0 saturated heterocycles. The van der Waals surface area contributed by atoms with Crippen LogP contribution in [0, 0.1) is 11.6 Å². The van der Waals surface area contributed by atoms with Crippen molar-refractivity contribution >= 4 is 10.9 Å². The quantitative estimate of drug-likeness (QED) is 0.788. The van der Waals surface area contributed by atoms with Gasteiger partial charge < -0.3 is 10.3 Å². The highest BCUT2D eigenvalue weighted by Crippen LogP contribution is 2.34. The van der Waals surface area contributed by atoms with Crippen molar-refractivity contribution in [2.75, 3.05) is 0 Å². The molecule has 0 amide bonds. The summed E-state index contributed by atoms with van der Waals surface area (Å²) in [7, 11) is 1.28. The molecule has 1 atom stereocenters. The van der Waals surface area contributed by atoms with Gasteiger partial charge in [-0.05, 0) is 12.1 Å². The molecule has 0 aliphatic heterocycles. The van der Waals surface area contributed by atoms with Crippen molar-refractivity contribution < 1.29 is 22.0 Å².